The van der Waals surface area contributed by atoms with Gasteiger partial charge in [-0.15, -0.1) is 0 Å². The summed E-state index contributed by atoms with van der Waals surface area (Å²) in [6.45, 7) is 0.471. The standard InChI is InChI=1S/C28H25ClN4O3/c1-32-11-10-28(36,27(32)35)9-8-16-6-7-20-18-13-19(14-18)33-23(15-17-4-2-3-5-22(17)29)24(25(30)34)31-26(33)21(20)12-16/h2-7,12,18-19,36H,10-11,13-15H2,1H3,(H2,30,34)/t18?,19?,28-/m1/s1. The highest BCUT2D eigenvalue weighted by atomic mass is 35.5. The number of rotatable bonds is 3. The summed E-state index contributed by atoms with van der Waals surface area (Å²) >= 11 is 6.45. The average molecular weight is 501 g/mol. The first-order chi connectivity index (χ1) is 17.2. The Labute approximate surface area is 213 Å². The molecule has 1 aliphatic carbocycles. The number of carbonyl (C=O) groups is 2. The molecular weight excluding hydrogens is 476 g/mol. The smallest absolute Gasteiger partial charge is 0.269 e. The van der Waals surface area contributed by atoms with Crippen molar-refractivity contribution in [3.8, 4) is 23.2 Å². The molecular formula is C28H25ClN4O3. The Kier molecular flexibility index (Phi) is 5.22. The minimum atomic E-state index is -1.66. The van der Waals surface area contributed by atoms with Crippen molar-refractivity contribution in [1.82, 2.24) is 14.5 Å². The lowest BCUT2D eigenvalue weighted by Gasteiger charge is -2.35. The highest BCUT2D eigenvalue weighted by Gasteiger charge is 2.43. The molecule has 7 nitrogen and oxygen atoms in total. The monoisotopic (exact) mass is 500 g/mol. The van der Waals surface area contributed by atoms with Crippen molar-refractivity contribution in [3.63, 3.8) is 0 Å². The second kappa shape index (κ2) is 8.22. The van der Waals surface area contributed by atoms with Gasteiger partial charge in [0.05, 0.1) is 5.69 Å². The number of carbonyl (C=O) groups excluding carboxylic acids is 2. The summed E-state index contributed by atoms with van der Waals surface area (Å²) in [6, 6.07) is 13.7. The lowest BCUT2D eigenvalue weighted by molar-refractivity contribution is -0.137. The first-order valence-corrected chi connectivity index (χ1v) is 12.4. The van der Waals surface area contributed by atoms with Crippen molar-refractivity contribution in [3.05, 3.63) is 75.6 Å². The van der Waals surface area contributed by atoms with Crippen molar-refractivity contribution in [1.29, 1.82) is 0 Å². The Morgan fingerprint density at radius 3 is 2.75 bits per heavy atom. The Balaban J connectivity index is 1.46. The Morgan fingerprint density at radius 1 is 1.28 bits per heavy atom. The van der Waals surface area contributed by atoms with Crippen molar-refractivity contribution in [2.45, 2.75) is 43.2 Å². The van der Waals surface area contributed by atoms with E-state index in [0.717, 1.165) is 35.2 Å². The number of halogens is 1. The molecule has 182 valence electrons. The molecule has 3 N–H and O–H groups in total. The third kappa shape index (κ3) is 3.52. The van der Waals surface area contributed by atoms with Crippen LogP contribution in [0.15, 0.2) is 42.5 Å². The maximum absolute atomic E-state index is 12.5. The largest absolute Gasteiger partial charge is 0.369 e. The number of amides is 2. The SMILES string of the molecule is CN1CC[C@](O)(C#Cc2ccc3c(c2)-c2nc(C(N)=O)c(Cc4ccccc4Cl)n2C2CC3C2)C1=O. The molecule has 2 bridgehead atoms. The van der Waals surface area contributed by atoms with Gasteiger partial charge in [0.1, 0.15) is 11.5 Å². The van der Waals surface area contributed by atoms with Gasteiger partial charge >= 0.3 is 0 Å². The number of nitrogens with two attached hydrogens (primary N) is 1. The van der Waals surface area contributed by atoms with Crippen LogP contribution >= 0.6 is 11.6 Å². The number of aliphatic hydroxyl groups is 1. The van der Waals surface area contributed by atoms with E-state index in [-0.39, 0.29) is 24.1 Å². The van der Waals surface area contributed by atoms with Gasteiger partial charge < -0.3 is 20.3 Å². The van der Waals surface area contributed by atoms with E-state index >= 15 is 0 Å². The molecule has 8 heteroatoms. The Morgan fingerprint density at radius 2 is 2.06 bits per heavy atom. The molecule has 3 aromatic rings. The van der Waals surface area contributed by atoms with Crippen LogP contribution in [0.4, 0.5) is 0 Å². The molecule has 0 unspecified atom stereocenters. The van der Waals surface area contributed by atoms with E-state index in [1.165, 1.54) is 4.90 Å². The highest BCUT2D eigenvalue weighted by molar-refractivity contribution is 6.31. The number of hydrogen-bond acceptors (Lipinski definition) is 4. The van der Waals surface area contributed by atoms with Gasteiger partial charge in [-0.3, -0.25) is 9.59 Å². The fraction of sp³-hybridized carbons (Fsp3) is 0.321. The molecule has 4 aliphatic rings. The topological polar surface area (TPSA) is 101 Å². The van der Waals surface area contributed by atoms with Crippen LogP contribution in [0.5, 0.6) is 0 Å². The third-order valence-electron chi connectivity index (χ3n) is 7.69. The second-order valence-electron chi connectivity index (χ2n) is 9.94. The lowest BCUT2D eigenvalue weighted by Crippen LogP contribution is -2.37. The predicted octanol–water partition coefficient (Wildman–Crippen LogP) is 3.27. The van der Waals surface area contributed by atoms with Crippen LogP contribution < -0.4 is 5.73 Å². The van der Waals surface area contributed by atoms with Gasteiger partial charge in [0, 0.05) is 48.6 Å². The first kappa shape index (κ1) is 22.8. The predicted molar refractivity (Wildman–Crippen MR) is 136 cm³/mol. The van der Waals surface area contributed by atoms with Crippen LogP contribution in [-0.2, 0) is 11.2 Å². The van der Waals surface area contributed by atoms with Gasteiger partial charge in [-0.05, 0) is 48.1 Å². The second-order valence-corrected chi connectivity index (χ2v) is 10.4. The number of benzene rings is 2. The van der Waals surface area contributed by atoms with Crippen molar-refractivity contribution in [2.24, 2.45) is 5.73 Å². The zero-order valence-electron chi connectivity index (χ0n) is 19.8. The summed E-state index contributed by atoms with van der Waals surface area (Å²) in [5, 5.41) is 11.3. The number of primary amides is 1. The molecule has 3 aliphatic heterocycles. The minimum Gasteiger partial charge on any atom is -0.369 e. The maximum Gasteiger partial charge on any atom is 0.269 e. The van der Waals surface area contributed by atoms with Gasteiger partial charge in [-0.1, -0.05) is 47.7 Å². The number of imidazole rings is 1. The molecule has 2 amide bonds. The summed E-state index contributed by atoms with van der Waals surface area (Å²) in [5.41, 5.74) is 8.80. The molecule has 4 heterocycles. The first-order valence-electron chi connectivity index (χ1n) is 12.0. The summed E-state index contributed by atoms with van der Waals surface area (Å²) in [6.07, 6.45) is 2.64. The van der Waals surface area contributed by atoms with E-state index in [0.29, 0.717) is 35.3 Å². The molecule has 7 rings (SSSR count). The van der Waals surface area contributed by atoms with Crippen LogP contribution in [0.1, 0.15) is 64.1 Å². The molecule has 2 fully saturated rings. The summed E-state index contributed by atoms with van der Waals surface area (Å²) in [4.78, 5) is 31.0. The molecule has 1 saturated heterocycles. The van der Waals surface area contributed by atoms with E-state index in [4.69, 9.17) is 22.3 Å². The van der Waals surface area contributed by atoms with Crippen LogP contribution in [0.25, 0.3) is 11.4 Å². The maximum atomic E-state index is 12.5. The van der Waals surface area contributed by atoms with Crippen LogP contribution in [-0.4, -0.2) is 50.6 Å². The van der Waals surface area contributed by atoms with Gasteiger partial charge in [0.2, 0.25) is 5.60 Å². The Hall–Kier alpha value is -3.60. The zero-order chi connectivity index (χ0) is 25.2. The fourth-order valence-electron chi connectivity index (χ4n) is 5.62. The van der Waals surface area contributed by atoms with Gasteiger partial charge in [0.15, 0.2) is 0 Å². The van der Waals surface area contributed by atoms with E-state index in [1.807, 2.05) is 36.4 Å². The number of likely N-dealkylation sites (N-methyl/N-ethyl adjacent to an activating group) is 1. The number of likely N-dealkylation sites (tertiary alicyclic amines) is 1. The molecule has 0 spiro atoms. The molecule has 0 radical (unpaired) electrons. The average Bonchev–Trinajstić information content (AvgIpc) is 3.23. The highest BCUT2D eigenvalue weighted by Crippen LogP contribution is 2.53. The van der Waals surface area contributed by atoms with Crippen LogP contribution in [0.2, 0.25) is 5.02 Å². The van der Waals surface area contributed by atoms with Crippen LogP contribution in [0.3, 0.4) is 0 Å². The third-order valence-corrected chi connectivity index (χ3v) is 8.06. The summed E-state index contributed by atoms with van der Waals surface area (Å²) in [5.74, 6) is 5.95. The molecule has 1 saturated carbocycles. The van der Waals surface area contributed by atoms with Gasteiger partial charge in [-0.2, -0.15) is 0 Å². The minimum absolute atomic E-state index is 0.220. The van der Waals surface area contributed by atoms with Crippen molar-refractivity contribution < 1.29 is 14.7 Å². The van der Waals surface area contributed by atoms with Crippen molar-refractivity contribution in [2.75, 3.05) is 13.6 Å². The lowest BCUT2D eigenvalue weighted by atomic mass is 9.75. The normalized spacial score (nSPS) is 23.8. The number of aromatic nitrogens is 2. The quantitative estimate of drug-likeness (QED) is 0.539. The molecule has 1 atom stereocenters. The molecule has 36 heavy (non-hydrogen) atoms. The number of hydrogen-bond donors (Lipinski definition) is 2. The van der Waals surface area contributed by atoms with E-state index < -0.39 is 11.5 Å². The van der Waals surface area contributed by atoms with E-state index in [9.17, 15) is 14.7 Å². The number of nitrogens with zero attached hydrogens (tertiary/aromatic N) is 3. The van der Waals surface area contributed by atoms with Crippen LogP contribution in [0, 0.1) is 11.8 Å². The van der Waals surface area contributed by atoms with Gasteiger partial charge in [-0.25, -0.2) is 4.98 Å². The van der Waals surface area contributed by atoms with Gasteiger partial charge in [0.25, 0.3) is 11.8 Å². The Bertz CT molecular complexity index is 1490. The molecule has 1 aromatic heterocycles. The summed E-state index contributed by atoms with van der Waals surface area (Å²) < 4.78 is 2.16. The fourth-order valence-corrected chi connectivity index (χ4v) is 5.82. The van der Waals surface area contributed by atoms with E-state index in [1.54, 1.807) is 7.05 Å². The molecule has 2 aromatic carbocycles. The van der Waals surface area contributed by atoms with E-state index in [2.05, 4.69) is 22.5 Å². The van der Waals surface area contributed by atoms with Crippen molar-refractivity contribution >= 4 is 23.4 Å². The summed E-state index contributed by atoms with van der Waals surface area (Å²) in [7, 11) is 1.66. The zero-order valence-corrected chi connectivity index (χ0v) is 20.5.